The average Bonchev–Trinajstić information content (AvgIpc) is 3.00. The van der Waals surface area contributed by atoms with Crippen molar-refractivity contribution in [1.29, 1.82) is 0 Å². The molecule has 2 rings (SSSR count). The van der Waals surface area contributed by atoms with Crippen LogP contribution >= 0.6 is 0 Å². The van der Waals surface area contributed by atoms with E-state index in [0.717, 1.165) is 31.2 Å². The fourth-order valence-corrected chi connectivity index (χ4v) is 2.71. The molecule has 0 saturated carbocycles. The predicted molar refractivity (Wildman–Crippen MR) is 86.2 cm³/mol. The Hall–Kier alpha value is -1.26. The van der Waals surface area contributed by atoms with Gasteiger partial charge in [-0.3, -0.25) is 4.90 Å². The molecular formula is C17H28N2O2. The maximum Gasteiger partial charge on any atom is 0.119 e. The molecule has 21 heavy (non-hydrogen) atoms. The van der Waals surface area contributed by atoms with Gasteiger partial charge in [0.25, 0.3) is 0 Å². The highest BCUT2D eigenvalue weighted by Gasteiger charge is 2.19. The van der Waals surface area contributed by atoms with Gasteiger partial charge >= 0.3 is 0 Å². The number of rotatable bonds is 8. The quantitative estimate of drug-likeness (QED) is 0.798. The molecule has 0 aromatic heterocycles. The summed E-state index contributed by atoms with van der Waals surface area (Å²) in [5.74, 6) is 1.76. The lowest BCUT2D eigenvalue weighted by Crippen LogP contribution is -2.43. The van der Waals surface area contributed by atoms with Crippen LogP contribution < -0.4 is 14.8 Å². The van der Waals surface area contributed by atoms with Crippen molar-refractivity contribution < 1.29 is 9.47 Å². The average molecular weight is 292 g/mol. The van der Waals surface area contributed by atoms with Crippen LogP contribution in [-0.2, 0) is 0 Å². The molecular weight excluding hydrogens is 264 g/mol. The van der Waals surface area contributed by atoms with Crippen LogP contribution in [0.5, 0.6) is 11.5 Å². The molecule has 0 spiro atoms. The van der Waals surface area contributed by atoms with Crippen LogP contribution in [0, 0.1) is 0 Å². The van der Waals surface area contributed by atoms with Crippen LogP contribution in [0.2, 0.25) is 0 Å². The highest BCUT2D eigenvalue weighted by molar-refractivity contribution is 5.31. The summed E-state index contributed by atoms with van der Waals surface area (Å²) in [6, 6.07) is 8.96. The van der Waals surface area contributed by atoms with E-state index in [0.29, 0.717) is 12.1 Å². The zero-order valence-electron chi connectivity index (χ0n) is 13.5. The molecule has 0 aliphatic carbocycles. The van der Waals surface area contributed by atoms with Gasteiger partial charge in [0.15, 0.2) is 0 Å². The van der Waals surface area contributed by atoms with Crippen molar-refractivity contribution in [2.24, 2.45) is 0 Å². The number of nitrogens with zero attached hydrogens (tertiary/aromatic N) is 1. The van der Waals surface area contributed by atoms with Gasteiger partial charge in [0.05, 0.1) is 7.11 Å². The van der Waals surface area contributed by atoms with E-state index >= 15 is 0 Å². The smallest absolute Gasteiger partial charge is 0.119 e. The maximum absolute atomic E-state index is 5.83. The van der Waals surface area contributed by atoms with Crippen LogP contribution in [0.15, 0.2) is 24.3 Å². The molecule has 0 radical (unpaired) electrons. The van der Waals surface area contributed by atoms with Gasteiger partial charge in [0.2, 0.25) is 0 Å². The lowest BCUT2D eigenvalue weighted by atomic mass is 10.2. The van der Waals surface area contributed by atoms with Gasteiger partial charge in [-0.1, -0.05) is 0 Å². The predicted octanol–water partition coefficient (Wildman–Crippen LogP) is 2.54. The number of methoxy groups -OCH3 is 1. The molecule has 1 fully saturated rings. The Bertz CT molecular complexity index is 400. The number of hydrogen-bond donors (Lipinski definition) is 1. The lowest BCUT2D eigenvalue weighted by Gasteiger charge is -2.29. The minimum Gasteiger partial charge on any atom is -0.497 e. The van der Waals surface area contributed by atoms with Crippen molar-refractivity contribution in [3.05, 3.63) is 24.3 Å². The van der Waals surface area contributed by atoms with Crippen molar-refractivity contribution in [2.45, 2.75) is 38.8 Å². The van der Waals surface area contributed by atoms with Crippen molar-refractivity contribution in [3.8, 4) is 11.5 Å². The van der Waals surface area contributed by atoms with E-state index < -0.39 is 0 Å². The summed E-state index contributed by atoms with van der Waals surface area (Å²) in [6.07, 6.45) is 2.60. The molecule has 0 amide bonds. The standard InChI is InChI=1S/C17H28N2O2/c1-14(2)19(13-15-5-4-10-18-15)11-12-21-17-8-6-16(20-3)7-9-17/h6-9,14-15,18H,4-5,10-13H2,1-3H3. The molecule has 1 saturated heterocycles. The van der Waals surface area contributed by atoms with Crippen molar-refractivity contribution >= 4 is 0 Å². The highest BCUT2D eigenvalue weighted by Crippen LogP contribution is 2.17. The zero-order valence-corrected chi connectivity index (χ0v) is 13.5. The van der Waals surface area contributed by atoms with E-state index in [1.54, 1.807) is 7.11 Å². The van der Waals surface area contributed by atoms with E-state index in [1.807, 2.05) is 24.3 Å². The topological polar surface area (TPSA) is 33.7 Å². The molecule has 1 aromatic carbocycles. The minimum absolute atomic E-state index is 0.548. The molecule has 118 valence electrons. The SMILES string of the molecule is COc1ccc(OCCN(CC2CCCN2)C(C)C)cc1. The molecule has 0 bridgehead atoms. The third-order valence-corrected chi connectivity index (χ3v) is 4.05. The molecule has 1 atom stereocenters. The van der Waals surface area contributed by atoms with Gasteiger partial charge in [0.1, 0.15) is 18.1 Å². The van der Waals surface area contributed by atoms with Gasteiger partial charge in [0, 0.05) is 25.2 Å². The normalized spacial score (nSPS) is 18.4. The van der Waals surface area contributed by atoms with Crippen LogP contribution in [0.25, 0.3) is 0 Å². The van der Waals surface area contributed by atoms with Crippen molar-refractivity contribution in [2.75, 3.05) is 33.4 Å². The second kappa shape index (κ2) is 8.25. The second-order valence-electron chi connectivity index (χ2n) is 5.91. The van der Waals surface area contributed by atoms with Gasteiger partial charge in [-0.15, -0.1) is 0 Å². The molecule has 1 N–H and O–H groups in total. The van der Waals surface area contributed by atoms with E-state index in [2.05, 4.69) is 24.1 Å². The monoisotopic (exact) mass is 292 g/mol. The van der Waals surface area contributed by atoms with E-state index in [1.165, 1.54) is 19.4 Å². The van der Waals surface area contributed by atoms with Crippen molar-refractivity contribution in [1.82, 2.24) is 10.2 Å². The summed E-state index contributed by atoms with van der Waals surface area (Å²) in [7, 11) is 1.67. The molecule has 1 aromatic rings. The summed E-state index contributed by atoms with van der Waals surface area (Å²) in [4.78, 5) is 2.49. The molecule has 1 aliphatic rings. The van der Waals surface area contributed by atoms with Gasteiger partial charge in [-0.25, -0.2) is 0 Å². The first-order valence-corrected chi connectivity index (χ1v) is 7.93. The van der Waals surface area contributed by atoms with E-state index in [-0.39, 0.29) is 0 Å². The number of ether oxygens (including phenoxy) is 2. The maximum atomic E-state index is 5.83. The van der Waals surface area contributed by atoms with E-state index in [9.17, 15) is 0 Å². The second-order valence-corrected chi connectivity index (χ2v) is 5.91. The molecule has 4 heteroatoms. The summed E-state index contributed by atoms with van der Waals surface area (Å²) >= 11 is 0. The van der Waals surface area contributed by atoms with Crippen LogP contribution in [0.4, 0.5) is 0 Å². The minimum atomic E-state index is 0.548. The van der Waals surface area contributed by atoms with Gasteiger partial charge in [-0.05, 0) is 57.5 Å². The van der Waals surface area contributed by atoms with Crippen LogP contribution in [0.1, 0.15) is 26.7 Å². The van der Waals surface area contributed by atoms with E-state index in [4.69, 9.17) is 9.47 Å². The van der Waals surface area contributed by atoms with Crippen molar-refractivity contribution in [3.63, 3.8) is 0 Å². The third-order valence-electron chi connectivity index (χ3n) is 4.05. The Kier molecular flexibility index (Phi) is 6.33. The fourth-order valence-electron chi connectivity index (χ4n) is 2.71. The lowest BCUT2D eigenvalue weighted by molar-refractivity contribution is 0.164. The Morgan fingerprint density at radius 3 is 2.52 bits per heavy atom. The third kappa shape index (κ3) is 5.21. The molecule has 1 unspecified atom stereocenters. The summed E-state index contributed by atoms with van der Waals surface area (Å²) in [6.45, 7) is 8.46. The summed E-state index contributed by atoms with van der Waals surface area (Å²) < 4.78 is 11.0. The zero-order chi connectivity index (χ0) is 15.1. The summed E-state index contributed by atoms with van der Waals surface area (Å²) in [5.41, 5.74) is 0. The Labute approximate surface area is 128 Å². The van der Waals surface area contributed by atoms with Crippen LogP contribution in [0.3, 0.4) is 0 Å². The number of hydrogen-bond acceptors (Lipinski definition) is 4. The van der Waals surface area contributed by atoms with Crippen LogP contribution in [-0.4, -0.2) is 50.3 Å². The fraction of sp³-hybridized carbons (Fsp3) is 0.647. The Morgan fingerprint density at radius 2 is 1.95 bits per heavy atom. The molecule has 1 heterocycles. The first-order valence-electron chi connectivity index (χ1n) is 7.93. The molecule has 1 aliphatic heterocycles. The first-order chi connectivity index (χ1) is 10.2. The molecule has 4 nitrogen and oxygen atoms in total. The first kappa shape index (κ1) is 16.1. The van der Waals surface area contributed by atoms with Gasteiger partial charge < -0.3 is 14.8 Å². The Morgan fingerprint density at radius 1 is 1.24 bits per heavy atom. The van der Waals surface area contributed by atoms with Gasteiger partial charge in [-0.2, -0.15) is 0 Å². The summed E-state index contributed by atoms with van der Waals surface area (Å²) in [5, 5.41) is 3.57. The largest absolute Gasteiger partial charge is 0.497 e. The Balaban J connectivity index is 1.75. The number of nitrogens with one attached hydrogen (secondary N) is 1. The highest BCUT2D eigenvalue weighted by atomic mass is 16.5. The number of benzene rings is 1.